The van der Waals surface area contributed by atoms with Gasteiger partial charge in [0.05, 0.1) is 5.92 Å². The van der Waals surface area contributed by atoms with E-state index in [1.807, 2.05) is 23.5 Å². The molecule has 6 heteroatoms. The number of nitrogens with zero attached hydrogens (tertiary/aromatic N) is 1. The van der Waals surface area contributed by atoms with Crippen LogP contribution in [0.2, 0.25) is 0 Å². The Kier molecular flexibility index (Phi) is 5.31. The number of rotatable bonds is 3. The van der Waals surface area contributed by atoms with E-state index >= 15 is 0 Å². The molecule has 0 unspecified atom stereocenters. The van der Waals surface area contributed by atoms with Crippen LogP contribution >= 0.6 is 23.5 Å². The van der Waals surface area contributed by atoms with E-state index < -0.39 is 11.9 Å². The minimum Gasteiger partial charge on any atom is -0.481 e. The molecule has 1 N–H and O–H groups in total. The Labute approximate surface area is 138 Å². The molecule has 1 aromatic carbocycles. The fourth-order valence-corrected chi connectivity index (χ4v) is 5.87. The Morgan fingerprint density at radius 2 is 1.77 bits per heavy atom. The van der Waals surface area contributed by atoms with E-state index in [-0.39, 0.29) is 11.7 Å². The largest absolute Gasteiger partial charge is 0.481 e. The first-order chi connectivity index (χ1) is 10.6. The van der Waals surface area contributed by atoms with E-state index in [1.165, 1.54) is 23.6 Å². The predicted molar refractivity (Wildman–Crippen MR) is 90.3 cm³/mol. The van der Waals surface area contributed by atoms with Gasteiger partial charge in [-0.1, -0.05) is 12.1 Å². The molecule has 0 aliphatic carbocycles. The molecule has 3 rings (SSSR count). The molecule has 1 aromatic rings. The third kappa shape index (κ3) is 3.60. The monoisotopic (exact) mass is 341 g/mol. The molecular formula is C16H20FNO2S2. The lowest BCUT2D eigenvalue weighted by atomic mass is 9.89. The van der Waals surface area contributed by atoms with Crippen molar-refractivity contribution in [3.8, 4) is 0 Å². The number of carbonyl (C=O) groups is 1. The molecule has 0 spiro atoms. The molecular weight excluding hydrogens is 321 g/mol. The Bertz CT molecular complexity index is 517. The van der Waals surface area contributed by atoms with Crippen molar-refractivity contribution in [3.05, 3.63) is 35.6 Å². The van der Waals surface area contributed by atoms with Crippen LogP contribution < -0.4 is 0 Å². The highest BCUT2D eigenvalue weighted by atomic mass is 32.2. The molecule has 3 nitrogen and oxygen atoms in total. The average molecular weight is 341 g/mol. The van der Waals surface area contributed by atoms with Gasteiger partial charge in [-0.3, -0.25) is 9.69 Å². The number of aliphatic carboxylic acids is 1. The van der Waals surface area contributed by atoms with E-state index in [0.29, 0.717) is 12.6 Å². The van der Waals surface area contributed by atoms with Gasteiger partial charge in [0.2, 0.25) is 0 Å². The summed E-state index contributed by atoms with van der Waals surface area (Å²) < 4.78 is 13.1. The van der Waals surface area contributed by atoms with Gasteiger partial charge >= 0.3 is 5.97 Å². The second-order valence-corrected chi connectivity index (χ2v) is 8.16. The van der Waals surface area contributed by atoms with Crippen molar-refractivity contribution in [1.82, 2.24) is 4.90 Å². The van der Waals surface area contributed by atoms with Gasteiger partial charge in [-0.25, -0.2) is 4.39 Å². The fraction of sp³-hybridized carbons (Fsp3) is 0.562. The zero-order chi connectivity index (χ0) is 15.5. The van der Waals surface area contributed by atoms with Crippen LogP contribution in [0.4, 0.5) is 4.39 Å². The number of benzene rings is 1. The summed E-state index contributed by atoms with van der Waals surface area (Å²) in [5.74, 6) is 3.05. The van der Waals surface area contributed by atoms with Crippen molar-refractivity contribution < 1.29 is 14.3 Å². The second-order valence-electron chi connectivity index (χ2n) is 5.86. The topological polar surface area (TPSA) is 40.5 Å². The van der Waals surface area contributed by atoms with Gasteiger partial charge in [-0.2, -0.15) is 23.5 Å². The van der Waals surface area contributed by atoms with Gasteiger partial charge in [0.15, 0.2) is 0 Å². The SMILES string of the molecule is O=C(O)[C@@H]1CN(C2CSCCSC2)C[C@H]1c1ccc(F)cc1. The van der Waals surface area contributed by atoms with Gasteiger partial charge < -0.3 is 5.11 Å². The number of likely N-dealkylation sites (tertiary alicyclic amines) is 1. The van der Waals surface area contributed by atoms with Crippen LogP contribution in [-0.4, -0.2) is 58.1 Å². The normalized spacial score (nSPS) is 27.7. The number of halogens is 1. The first-order valence-corrected chi connectivity index (χ1v) is 9.84. The summed E-state index contributed by atoms with van der Waals surface area (Å²) in [6.07, 6.45) is 0. The van der Waals surface area contributed by atoms with Crippen molar-refractivity contribution in [1.29, 1.82) is 0 Å². The van der Waals surface area contributed by atoms with E-state index in [9.17, 15) is 14.3 Å². The zero-order valence-corrected chi connectivity index (χ0v) is 13.9. The molecule has 2 aliphatic rings. The molecule has 0 radical (unpaired) electrons. The minimum absolute atomic E-state index is 0.0450. The maximum Gasteiger partial charge on any atom is 0.308 e. The van der Waals surface area contributed by atoms with Crippen molar-refractivity contribution in [3.63, 3.8) is 0 Å². The van der Waals surface area contributed by atoms with Crippen molar-refractivity contribution in [2.45, 2.75) is 12.0 Å². The van der Waals surface area contributed by atoms with Crippen LogP contribution in [0, 0.1) is 11.7 Å². The van der Waals surface area contributed by atoms with E-state index in [4.69, 9.17) is 0 Å². The number of carboxylic acid groups (broad SMARTS) is 1. The highest BCUT2D eigenvalue weighted by molar-refractivity contribution is 8.03. The van der Waals surface area contributed by atoms with Crippen molar-refractivity contribution in [2.75, 3.05) is 36.1 Å². The summed E-state index contributed by atoms with van der Waals surface area (Å²) in [4.78, 5) is 14.0. The number of hydrogen-bond donors (Lipinski definition) is 1. The standard InChI is InChI=1S/C16H20FNO2S2/c17-12-3-1-11(2-4-12)14-7-18(8-15(14)16(19)20)13-9-21-5-6-22-10-13/h1-4,13-15H,5-10H2,(H,19,20)/t14-,15+/m0/s1. The summed E-state index contributed by atoms with van der Waals surface area (Å²) in [6, 6.07) is 6.76. The fourth-order valence-electron chi connectivity index (χ4n) is 3.25. The Morgan fingerprint density at radius 1 is 1.14 bits per heavy atom. The highest BCUT2D eigenvalue weighted by Crippen LogP contribution is 2.35. The van der Waals surface area contributed by atoms with E-state index in [2.05, 4.69) is 4.90 Å². The lowest BCUT2D eigenvalue weighted by molar-refractivity contribution is -0.141. The molecule has 2 heterocycles. The number of thioether (sulfide) groups is 2. The van der Waals surface area contributed by atoms with Gasteiger partial charge in [0.25, 0.3) is 0 Å². The first-order valence-electron chi connectivity index (χ1n) is 7.53. The second kappa shape index (κ2) is 7.23. The zero-order valence-electron chi connectivity index (χ0n) is 12.3. The first kappa shape index (κ1) is 16.1. The van der Waals surface area contributed by atoms with Gasteiger partial charge in [0, 0.05) is 48.1 Å². The Balaban J connectivity index is 1.77. The van der Waals surface area contributed by atoms with Crippen LogP contribution in [0.3, 0.4) is 0 Å². The molecule has 0 saturated carbocycles. The average Bonchev–Trinajstić information content (AvgIpc) is 2.77. The van der Waals surface area contributed by atoms with Crippen LogP contribution in [0.15, 0.2) is 24.3 Å². The number of carboxylic acids is 1. The van der Waals surface area contributed by atoms with Crippen molar-refractivity contribution in [2.24, 2.45) is 5.92 Å². The summed E-state index contributed by atoms with van der Waals surface area (Å²) in [6.45, 7) is 1.36. The summed E-state index contributed by atoms with van der Waals surface area (Å²) in [5, 5.41) is 9.56. The lowest BCUT2D eigenvalue weighted by Crippen LogP contribution is -2.37. The maximum atomic E-state index is 13.1. The third-order valence-electron chi connectivity index (χ3n) is 4.47. The molecule has 22 heavy (non-hydrogen) atoms. The quantitative estimate of drug-likeness (QED) is 0.915. The maximum absolute atomic E-state index is 13.1. The number of hydrogen-bond acceptors (Lipinski definition) is 4. The summed E-state index contributed by atoms with van der Waals surface area (Å²) in [7, 11) is 0. The molecule has 0 bridgehead atoms. The third-order valence-corrected chi connectivity index (χ3v) is 6.96. The van der Waals surface area contributed by atoms with Gasteiger partial charge in [-0.15, -0.1) is 0 Å². The Hall–Kier alpha value is -0.720. The smallest absolute Gasteiger partial charge is 0.308 e. The van der Waals surface area contributed by atoms with Crippen molar-refractivity contribution >= 4 is 29.5 Å². The summed E-state index contributed by atoms with van der Waals surface area (Å²) in [5.41, 5.74) is 0.935. The van der Waals surface area contributed by atoms with Crippen LogP contribution in [-0.2, 0) is 4.79 Å². The van der Waals surface area contributed by atoms with Crippen LogP contribution in [0.25, 0.3) is 0 Å². The molecule has 2 saturated heterocycles. The van der Waals surface area contributed by atoms with E-state index in [0.717, 1.165) is 23.6 Å². The predicted octanol–water partition coefficient (Wildman–Crippen LogP) is 2.77. The molecule has 2 aliphatic heterocycles. The van der Waals surface area contributed by atoms with Gasteiger partial charge in [-0.05, 0) is 17.7 Å². The molecule has 2 atom stereocenters. The Morgan fingerprint density at radius 3 is 2.36 bits per heavy atom. The molecule has 0 aromatic heterocycles. The summed E-state index contributed by atoms with van der Waals surface area (Å²) >= 11 is 3.92. The lowest BCUT2D eigenvalue weighted by Gasteiger charge is -2.26. The van der Waals surface area contributed by atoms with E-state index in [1.54, 1.807) is 12.1 Å². The molecule has 0 amide bonds. The highest BCUT2D eigenvalue weighted by Gasteiger charge is 2.41. The van der Waals surface area contributed by atoms with Crippen LogP contribution in [0.1, 0.15) is 11.5 Å². The minimum atomic E-state index is -0.745. The molecule has 120 valence electrons. The molecule has 2 fully saturated rings. The van der Waals surface area contributed by atoms with Crippen LogP contribution in [0.5, 0.6) is 0 Å². The van der Waals surface area contributed by atoms with Gasteiger partial charge in [0.1, 0.15) is 5.82 Å².